The summed E-state index contributed by atoms with van der Waals surface area (Å²) in [5, 5.41) is 4.37. The summed E-state index contributed by atoms with van der Waals surface area (Å²) >= 11 is 0. The van der Waals surface area contributed by atoms with E-state index < -0.39 is 12.1 Å². The van der Waals surface area contributed by atoms with Gasteiger partial charge in [-0.05, 0) is 6.42 Å². The predicted molar refractivity (Wildman–Crippen MR) is 39.5 cm³/mol. The molecule has 5 N–H and O–H groups in total. The lowest BCUT2D eigenvalue weighted by Gasteiger charge is -2.03. The number of hydrogen-bond acceptors (Lipinski definition) is 3. The van der Waals surface area contributed by atoms with Crippen LogP contribution >= 0.6 is 0 Å². The molecule has 0 saturated heterocycles. The van der Waals surface area contributed by atoms with Crippen molar-refractivity contribution in [2.75, 3.05) is 6.54 Å². The fourth-order valence-corrected chi connectivity index (χ4v) is 0.422. The van der Waals surface area contributed by atoms with E-state index in [4.69, 9.17) is 5.84 Å². The van der Waals surface area contributed by atoms with Crippen LogP contribution in [0.2, 0.25) is 0 Å². The van der Waals surface area contributed by atoms with E-state index in [9.17, 15) is 9.59 Å². The van der Waals surface area contributed by atoms with Gasteiger partial charge in [0.15, 0.2) is 0 Å². The van der Waals surface area contributed by atoms with Crippen LogP contribution in [-0.2, 0) is 0 Å². The number of amides is 4. The zero-order chi connectivity index (χ0) is 8.69. The molecule has 0 aromatic carbocycles. The van der Waals surface area contributed by atoms with Gasteiger partial charge in [-0.25, -0.2) is 15.4 Å². The van der Waals surface area contributed by atoms with Gasteiger partial charge in [-0.1, -0.05) is 6.92 Å². The zero-order valence-corrected chi connectivity index (χ0v) is 6.31. The molecule has 6 heteroatoms. The van der Waals surface area contributed by atoms with Crippen LogP contribution in [0.3, 0.4) is 0 Å². The molecule has 0 saturated carbocycles. The van der Waals surface area contributed by atoms with Gasteiger partial charge in [0.1, 0.15) is 0 Å². The molecule has 0 rings (SSSR count). The average Bonchev–Trinajstić information content (AvgIpc) is 2.00. The summed E-state index contributed by atoms with van der Waals surface area (Å²) in [7, 11) is 0. The SMILES string of the molecule is CCCNC(=O)NC(=O)NN. The Labute approximate surface area is 64.5 Å². The Morgan fingerprint density at radius 3 is 2.45 bits per heavy atom. The highest BCUT2D eigenvalue weighted by Crippen LogP contribution is 1.70. The Morgan fingerprint density at radius 1 is 1.36 bits per heavy atom. The number of nitrogens with one attached hydrogen (secondary N) is 3. The third-order valence-corrected chi connectivity index (χ3v) is 0.894. The van der Waals surface area contributed by atoms with Gasteiger partial charge in [-0.15, -0.1) is 0 Å². The molecule has 0 fully saturated rings. The first-order valence-corrected chi connectivity index (χ1v) is 3.26. The first kappa shape index (κ1) is 9.70. The molecule has 0 unspecified atom stereocenters. The molecule has 0 aromatic rings. The molecule has 0 aliphatic heterocycles. The molecular formula is C5H12N4O2. The van der Waals surface area contributed by atoms with Crippen LogP contribution in [0, 0.1) is 0 Å². The standard InChI is InChI=1S/C5H12N4O2/c1-2-3-7-4(10)8-5(11)9-6/h2-3,6H2,1H3,(H3,7,8,9,10,11). The summed E-state index contributed by atoms with van der Waals surface area (Å²) in [5.41, 5.74) is 1.76. The Bertz CT molecular complexity index is 147. The molecule has 0 aliphatic rings. The number of hydrogen-bond donors (Lipinski definition) is 4. The molecule has 0 aromatic heterocycles. The molecule has 0 aliphatic carbocycles. The minimum atomic E-state index is -0.724. The van der Waals surface area contributed by atoms with Crippen molar-refractivity contribution < 1.29 is 9.59 Å². The summed E-state index contributed by atoms with van der Waals surface area (Å²) in [6, 6.07) is -1.27. The van der Waals surface area contributed by atoms with Gasteiger partial charge < -0.3 is 5.32 Å². The maximum absolute atomic E-state index is 10.6. The minimum Gasteiger partial charge on any atom is -0.338 e. The predicted octanol–water partition coefficient (Wildman–Crippen LogP) is -0.721. The van der Waals surface area contributed by atoms with Gasteiger partial charge >= 0.3 is 12.1 Å². The summed E-state index contributed by atoms with van der Waals surface area (Å²) in [5.74, 6) is 4.71. The maximum Gasteiger partial charge on any atom is 0.336 e. The first-order chi connectivity index (χ1) is 5.20. The topological polar surface area (TPSA) is 96.2 Å². The van der Waals surface area contributed by atoms with E-state index in [-0.39, 0.29) is 0 Å². The third kappa shape index (κ3) is 5.16. The highest BCUT2D eigenvalue weighted by atomic mass is 16.2. The monoisotopic (exact) mass is 160 g/mol. The van der Waals surface area contributed by atoms with Gasteiger partial charge in [0.2, 0.25) is 0 Å². The Kier molecular flexibility index (Phi) is 4.83. The Morgan fingerprint density at radius 2 is 2.00 bits per heavy atom. The Hall–Kier alpha value is -1.30. The van der Waals surface area contributed by atoms with E-state index in [1.807, 2.05) is 12.2 Å². The van der Waals surface area contributed by atoms with Crippen LogP contribution in [-0.4, -0.2) is 18.6 Å². The van der Waals surface area contributed by atoms with E-state index in [1.54, 1.807) is 5.43 Å². The lowest BCUT2D eigenvalue weighted by Crippen LogP contribution is -2.47. The lowest BCUT2D eigenvalue weighted by atomic mass is 10.5. The molecule has 11 heavy (non-hydrogen) atoms. The number of imide groups is 1. The zero-order valence-electron chi connectivity index (χ0n) is 6.31. The van der Waals surface area contributed by atoms with Gasteiger partial charge in [0, 0.05) is 6.54 Å². The highest BCUT2D eigenvalue weighted by molar-refractivity contribution is 5.92. The van der Waals surface area contributed by atoms with Crippen molar-refractivity contribution in [2.24, 2.45) is 5.84 Å². The average molecular weight is 160 g/mol. The summed E-state index contributed by atoms with van der Waals surface area (Å²) in [6.07, 6.45) is 0.817. The van der Waals surface area contributed by atoms with Crippen molar-refractivity contribution in [3.05, 3.63) is 0 Å². The normalized spacial score (nSPS) is 8.55. The fourth-order valence-electron chi connectivity index (χ4n) is 0.422. The van der Waals surface area contributed by atoms with Gasteiger partial charge in [-0.3, -0.25) is 10.7 Å². The second kappa shape index (κ2) is 5.48. The number of rotatable bonds is 2. The van der Waals surface area contributed by atoms with E-state index >= 15 is 0 Å². The summed E-state index contributed by atoms with van der Waals surface area (Å²) < 4.78 is 0. The van der Waals surface area contributed by atoms with Crippen LogP contribution in [0.5, 0.6) is 0 Å². The van der Waals surface area contributed by atoms with Crippen LogP contribution in [0.25, 0.3) is 0 Å². The molecule has 4 amide bonds. The number of urea groups is 2. The molecule has 0 spiro atoms. The fraction of sp³-hybridized carbons (Fsp3) is 0.600. The molecule has 0 atom stereocenters. The molecule has 64 valence electrons. The van der Waals surface area contributed by atoms with Crippen molar-refractivity contribution in [3.8, 4) is 0 Å². The van der Waals surface area contributed by atoms with E-state index in [2.05, 4.69) is 5.32 Å². The molecule has 0 heterocycles. The third-order valence-electron chi connectivity index (χ3n) is 0.894. The van der Waals surface area contributed by atoms with E-state index in [0.717, 1.165) is 6.42 Å². The number of nitrogens with two attached hydrogens (primary N) is 1. The number of carbonyl (C=O) groups excluding carboxylic acids is 2. The summed E-state index contributed by atoms with van der Waals surface area (Å²) in [4.78, 5) is 21.0. The second-order valence-corrected chi connectivity index (χ2v) is 1.85. The highest BCUT2D eigenvalue weighted by Gasteiger charge is 2.02. The van der Waals surface area contributed by atoms with Crippen LogP contribution in [0.4, 0.5) is 9.59 Å². The summed E-state index contributed by atoms with van der Waals surface area (Å²) in [6.45, 7) is 2.44. The smallest absolute Gasteiger partial charge is 0.336 e. The van der Waals surface area contributed by atoms with E-state index in [0.29, 0.717) is 6.54 Å². The van der Waals surface area contributed by atoms with Crippen molar-refractivity contribution in [1.29, 1.82) is 0 Å². The van der Waals surface area contributed by atoms with E-state index in [1.165, 1.54) is 0 Å². The molecule has 6 nitrogen and oxygen atoms in total. The van der Waals surface area contributed by atoms with Crippen LogP contribution < -0.4 is 21.9 Å². The van der Waals surface area contributed by atoms with Gasteiger partial charge in [0.25, 0.3) is 0 Å². The number of carbonyl (C=O) groups is 2. The van der Waals surface area contributed by atoms with Crippen LogP contribution in [0.15, 0.2) is 0 Å². The molecule has 0 bridgehead atoms. The second-order valence-electron chi connectivity index (χ2n) is 1.85. The lowest BCUT2D eigenvalue weighted by molar-refractivity contribution is 0.227. The van der Waals surface area contributed by atoms with Crippen LogP contribution in [0.1, 0.15) is 13.3 Å². The van der Waals surface area contributed by atoms with Gasteiger partial charge in [-0.2, -0.15) is 0 Å². The Balaban J connectivity index is 3.44. The maximum atomic E-state index is 10.6. The van der Waals surface area contributed by atoms with Crippen molar-refractivity contribution in [1.82, 2.24) is 16.1 Å². The first-order valence-electron chi connectivity index (χ1n) is 3.26. The van der Waals surface area contributed by atoms with Crippen molar-refractivity contribution in [3.63, 3.8) is 0 Å². The molecular weight excluding hydrogens is 148 g/mol. The van der Waals surface area contributed by atoms with Crippen molar-refractivity contribution >= 4 is 12.1 Å². The van der Waals surface area contributed by atoms with Gasteiger partial charge in [0.05, 0.1) is 0 Å². The largest absolute Gasteiger partial charge is 0.338 e. The van der Waals surface area contributed by atoms with Crippen molar-refractivity contribution in [2.45, 2.75) is 13.3 Å². The molecule has 0 radical (unpaired) electrons. The number of hydrazine groups is 1. The quantitative estimate of drug-likeness (QED) is 0.244. The minimum absolute atomic E-state index is 0.531.